The van der Waals surface area contributed by atoms with Crippen molar-refractivity contribution in [2.24, 2.45) is 11.8 Å². The SMILES string of the molecule is C.C.CC(C)C(=O)Nc1nc2c(ncn2[C@@H]2S[C@H](CO)[C@@H](O[Si](C)(C)C(C)(C)C)[C@H]2OP(=O)(O)OC[C@H]2O[C@@H](n3cnc4c(NC(=O)c5ccccc5)ncnc43)[C@@H](F)[C@@H]2OC(=O)c2ccccc2)c(=O)[nH]1.CC[C@H]1S[C@@H](n2cnc3c(=O)[nH]c(NC(=O)C(C)C)nc32)[C@H](OP(=O)(O)OC[C@H]2O[C@@H](n3cnc4c(NC(=O)c5ccccc5)ncnc43)[C@@H](F)[C@@H]2OC(=O)c2ccccc2)[C@@H]1O[Si](C)(C)C(C)(C)C.c1ccncc1. The van der Waals surface area contributed by atoms with Gasteiger partial charge in [0.2, 0.25) is 23.7 Å². The second-order valence-corrected chi connectivity index (χ2v) is 53.1. The number of esters is 2. The van der Waals surface area contributed by atoms with Crippen molar-refractivity contribution >= 4 is 160 Å². The van der Waals surface area contributed by atoms with Crippen LogP contribution in [0.2, 0.25) is 36.3 Å². The second-order valence-electron chi connectivity index (χ2n) is 38.1. The number of pyridine rings is 1. The monoisotopic (exact) mass is 2150 g/mol. The zero-order chi connectivity index (χ0) is 105. The molecule has 0 aliphatic carbocycles. The summed E-state index contributed by atoms with van der Waals surface area (Å²) in [6.45, 7) is 26.6. The molecule has 13 heterocycles. The molecule has 9 N–H and O–H groups in total. The summed E-state index contributed by atoms with van der Waals surface area (Å²) in [6.07, 6.45) is -7.14. The highest BCUT2D eigenvalue weighted by Gasteiger charge is 2.58. The number of aliphatic hydroxyl groups excluding tert-OH is 1. The summed E-state index contributed by atoms with van der Waals surface area (Å²) in [5, 5.41) is 17.6. The number of anilines is 4. The molecule has 0 spiro atoms. The number of phosphoric acid groups is 2. The van der Waals surface area contributed by atoms with Gasteiger partial charge in [0.15, 0.2) is 110 Å². The molecule has 18 atom stereocenters. The van der Waals surface area contributed by atoms with Gasteiger partial charge in [0.25, 0.3) is 22.9 Å². The number of thioether (sulfide) groups is 2. The standard InChI is InChI=1S/C45H54FN10O11PSSi.C44H52FN10O12PSSi.C5H5N.2CH4/c1-9-28-33(67-70(7,8)45(4,5)6)34(42(69-28)56-23-50-31-37(56)52-44(54-40(31)59)53-38(57)24(2)3)66-68(61,62)63-20-27-32(65-43(60)26-18-14-11-15-19-26)29(46)41(64-27)55-22-49-30-35(47-21-48-36(30)55)51-39(58)25-16-12-10-13-17-25;1-23(2)37(57)52-43-51-36-30(39(59)53-43)49-22-55(36)41-33(32(27(18-56)69-41)67-70(6,7)44(3,4)5)66-68(61,62)63-19-26-31(65-42(60)25-16-12-9-13-17-25)28(45)40(64-26)54-21-48-29-34(46-20-47-35(29)54)50-38(58)24-14-10-8-11-15-24;1-2-4-6-5-3-1;;/h10-19,21-24,27-29,32-34,41-42H,9,20H2,1-8H3,(H,61,62)(H,47,48,51,58)(H2,52,53,54,57,59);8-17,20-23,26-28,31-33,40-41,56H,18-19H2,1-7H3,(H,61,62)(H,46,47,50,58)(H2,51,52,53,57,59);1-5H;2*1H4/t27-,28-,29+,32-,33-,34-,41-,42-;26-,27-,28+,31-,32-,33-,40-,41-;;;/m11.../s1. The number of carbonyl (C=O) groups excluding carboxylic acids is 6. The quantitative estimate of drug-likeness (QED) is 0.0107. The minimum atomic E-state index is -5.29. The predicted octanol–water partition coefficient (Wildman–Crippen LogP) is 15.3. The number of fused-ring (bicyclic) bond motifs is 4. The average Bonchev–Trinajstić information content (AvgIpc) is 1.61. The van der Waals surface area contributed by atoms with E-state index >= 15 is 8.78 Å². The van der Waals surface area contributed by atoms with E-state index in [9.17, 15) is 62.4 Å². The fraction of sp³-hybridized carbons (Fsp3) is 0.427. The highest BCUT2D eigenvalue weighted by atomic mass is 32.2. The molecule has 148 heavy (non-hydrogen) atoms. The van der Waals surface area contributed by atoms with Crippen LogP contribution in [0, 0.1) is 11.8 Å². The Morgan fingerprint density at radius 1 is 0.473 bits per heavy atom. The molecule has 44 nitrogen and oxygen atoms in total. The zero-order valence-corrected chi connectivity index (χ0v) is 87.2. The van der Waals surface area contributed by atoms with Crippen molar-refractivity contribution in [1.82, 2.24) is 83.1 Å². The Morgan fingerprint density at radius 3 is 1.16 bits per heavy atom. The maximum Gasteiger partial charge on any atom is 0.472 e. The summed E-state index contributed by atoms with van der Waals surface area (Å²) in [4.78, 5) is 180. The van der Waals surface area contributed by atoms with Crippen LogP contribution in [0.25, 0.3) is 44.7 Å². The van der Waals surface area contributed by atoms with Gasteiger partial charge in [-0.25, -0.2) is 67.4 Å². The number of carbonyl (C=O) groups is 6. The molecule has 0 bridgehead atoms. The second kappa shape index (κ2) is 47.2. The molecule has 4 aliphatic rings. The van der Waals surface area contributed by atoms with Gasteiger partial charge in [-0.1, -0.05) is 170 Å². The van der Waals surface area contributed by atoms with Crippen LogP contribution in [0.4, 0.5) is 32.3 Å². The molecule has 4 fully saturated rings. The van der Waals surface area contributed by atoms with Crippen LogP contribution in [0.5, 0.6) is 0 Å². The first-order chi connectivity index (χ1) is 69.3. The van der Waals surface area contributed by atoms with E-state index in [4.69, 9.17) is 45.9 Å². The third kappa shape index (κ3) is 25.5. The number of nitrogens with zero attached hydrogens (tertiary/aromatic N) is 15. The van der Waals surface area contributed by atoms with E-state index in [2.05, 4.69) is 107 Å². The van der Waals surface area contributed by atoms with Crippen molar-refractivity contribution in [3.63, 3.8) is 0 Å². The number of aliphatic hydroxyl groups is 1. The number of halogens is 2. The van der Waals surface area contributed by atoms with Crippen LogP contribution in [-0.2, 0) is 64.6 Å². The van der Waals surface area contributed by atoms with Gasteiger partial charge < -0.3 is 53.3 Å². The molecule has 0 radical (unpaired) electrons. The van der Waals surface area contributed by atoms with Crippen molar-refractivity contribution in [2.45, 2.75) is 229 Å². The van der Waals surface area contributed by atoms with E-state index in [1.165, 1.54) is 79.6 Å². The number of imidazole rings is 4. The Bertz CT molecular complexity index is 6660. The van der Waals surface area contributed by atoms with Gasteiger partial charge in [-0.15, -0.1) is 23.5 Å². The fourth-order valence-electron chi connectivity index (χ4n) is 15.5. The number of hydrogen-bond acceptors (Lipinski definition) is 34. The maximum absolute atomic E-state index is 17.0. The summed E-state index contributed by atoms with van der Waals surface area (Å²) < 4.78 is 129. The number of aromatic amines is 2. The number of ether oxygens (including phenoxy) is 4. The molecule has 17 rings (SSSR count). The summed E-state index contributed by atoms with van der Waals surface area (Å²) in [7, 11) is -15.9. The number of alkyl halides is 2. The maximum atomic E-state index is 17.0. The highest BCUT2D eigenvalue weighted by molar-refractivity contribution is 8.00. The van der Waals surface area contributed by atoms with Crippen LogP contribution in [-0.4, -0.2) is 242 Å². The smallest absolute Gasteiger partial charge is 0.453 e. The van der Waals surface area contributed by atoms with Crippen molar-refractivity contribution < 1.29 is 107 Å². The molecule has 9 aromatic heterocycles. The molecule has 4 aliphatic heterocycles. The van der Waals surface area contributed by atoms with E-state index in [1.807, 2.05) is 72.1 Å². The summed E-state index contributed by atoms with van der Waals surface area (Å²) in [5.41, 5.74) is -0.281. The molecule has 0 saturated carbocycles. The van der Waals surface area contributed by atoms with Gasteiger partial charge in [-0.05, 0) is 103 Å². The number of amides is 4. The van der Waals surface area contributed by atoms with E-state index in [0.29, 0.717) is 17.5 Å². The number of H-pyrrole nitrogens is 2. The number of benzene rings is 4. The molecule has 4 saturated heterocycles. The largest absolute Gasteiger partial charge is 0.472 e. The molecule has 2 unspecified atom stereocenters. The Labute approximate surface area is 859 Å². The number of nitrogens with one attached hydrogen (secondary N) is 6. The average molecular weight is 2160 g/mol. The molecule has 13 aromatic rings. The normalized spacial score (nSPS) is 22.7. The Hall–Kier alpha value is -12.3. The summed E-state index contributed by atoms with van der Waals surface area (Å²) in [5.74, 6) is -4.73. The van der Waals surface area contributed by atoms with Crippen molar-refractivity contribution in [3.05, 3.63) is 233 Å². The van der Waals surface area contributed by atoms with Gasteiger partial charge >= 0.3 is 27.6 Å². The predicted molar refractivity (Wildman–Crippen MR) is 553 cm³/mol. The van der Waals surface area contributed by atoms with Crippen molar-refractivity contribution in [1.29, 1.82) is 0 Å². The molecule has 790 valence electrons. The zero-order valence-electron chi connectivity index (χ0n) is 81.8. The number of phosphoric ester groups is 2. The van der Waals surface area contributed by atoms with Crippen LogP contribution in [0.3, 0.4) is 0 Å². The first-order valence-electron chi connectivity index (χ1n) is 46.5. The molecule has 4 aromatic carbocycles. The lowest BCUT2D eigenvalue weighted by Crippen LogP contribution is -2.50. The minimum absolute atomic E-state index is 0. The van der Waals surface area contributed by atoms with E-state index < -0.39 is 200 Å². The third-order valence-corrected chi connectivity index (χ3v) is 39.5. The highest BCUT2D eigenvalue weighted by Crippen LogP contribution is 2.59. The molecule has 4 amide bonds. The molecule has 52 heteroatoms. The lowest BCUT2D eigenvalue weighted by Gasteiger charge is -2.41. The summed E-state index contributed by atoms with van der Waals surface area (Å²) >= 11 is 2.48. The number of rotatable bonds is 32. The van der Waals surface area contributed by atoms with Gasteiger partial charge in [0.05, 0.1) is 73.7 Å². The van der Waals surface area contributed by atoms with Crippen LogP contribution >= 0.6 is 39.2 Å². The van der Waals surface area contributed by atoms with Gasteiger partial charge in [0, 0.05) is 40.6 Å². The Kier molecular flexibility index (Phi) is 36.0. The van der Waals surface area contributed by atoms with Gasteiger partial charge in [-0.2, -0.15) is 9.97 Å². The van der Waals surface area contributed by atoms with E-state index in [-0.39, 0.29) is 109 Å². The fourth-order valence-corrected chi connectivity index (χ4v) is 23.4. The van der Waals surface area contributed by atoms with Crippen molar-refractivity contribution in [3.8, 4) is 0 Å². The van der Waals surface area contributed by atoms with Gasteiger partial charge in [-0.3, -0.25) is 90.7 Å². The van der Waals surface area contributed by atoms with E-state index in [1.54, 1.807) is 137 Å². The summed E-state index contributed by atoms with van der Waals surface area (Å²) in [6, 6.07) is 38.1. The van der Waals surface area contributed by atoms with Crippen molar-refractivity contribution in [2.75, 3.05) is 41.1 Å². The molecular weight excluding hydrogens is 2040 g/mol. The third-order valence-electron chi connectivity index (χ3n) is 25.3. The number of hydrogen-bond donors (Lipinski definition) is 9. The van der Waals surface area contributed by atoms with E-state index in [0.717, 1.165) is 24.4 Å². The Morgan fingerprint density at radius 2 is 0.818 bits per heavy atom. The van der Waals surface area contributed by atoms with Gasteiger partial charge in [0.1, 0.15) is 47.8 Å². The van der Waals surface area contributed by atoms with Crippen LogP contribution in [0.15, 0.2) is 199 Å². The molecular formula is C96H119F2N21O23P2S2Si2. The lowest BCUT2D eigenvalue weighted by molar-refractivity contribution is -0.119. The first kappa shape index (κ1) is 113. The lowest BCUT2D eigenvalue weighted by atomic mass is 10.1. The first-order valence-corrected chi connectivity index (χ1v) is 57.2. The Balaban J connectivity index is 0.000000230. The van der Waals surface area contributed by atoms with Crippen LogP contribution in [0.1, 0.15) is 162 Å². The number of aromatic nitrogens is 17. The topological polar surface area (TPSA) is 565 Å². The van der Waals surface area contributed by atoms with Crippen LogP contribution < -0.4 is 32.4 Å². The minimum Gasteiger partial charge on any atom is -0.453 e.